The Morgan fingerprint density at radius 2 is 2.00 bits per heavy atom. The first-order valence-electron chi connectivity index (χ1n) is 9.07. The fourth-order valence-corrected chi connectivity index (χ4v) is 3.15. The molecule has 0 aliphatic carbocycles. The van der Waals surface area contributed by atoms with E-state index in [1.54, 1.807) is 6.92 Å². The molecule has 1 unspecified atom stereocenters. The minimum Gasteiger partial charge on any atom is -0.490 e. The van der Waals surface area contributed by atoms with E-state index in [4.69, 9.17) is 14.0 Å². The van der Waals surface area contributed by atoms with Crippen molar-refractivity contribution in [3.63, 3.8) is 0 Å². The first-order chi connectivity index (χ1) is 12.6. The van der Waals surface area contributed by atoms with Gasteiger partial charge in [0.2, 0.25) is 11.8 Å². The van der Waals surface area contributed by atoms with Crippen molar-refractivity contribution < 1.29 is 18.8 Å². The van der Waals surface area contributed by atoms with Crippen LogP contribution in [0.25, 0.3) is 0 Å². The summed E-state index contributed by atoms with van der Waals surface area (Å²) in [5.41, 5.74) is 1.11. The summed E-state index contributed by atoms with van der Waals surface area (Å²) in [6.45, 7) is 8.13. The lowest BCUT2D eigenvalue weighted by molar-refractivity contribution is -0.127. The Kier molecular flexibility index (Phi) is 5.75. The minimum atomic E-state index is -0.0111. The minimum absolute atomic E-state index is 0.0111. The van der Waals surface area contributed by atoms with E-state index in [1.165, 1.54) is 0 Å². The average molecular weight is 359 g/mol. The van der Waals surface area contributed by atoms with Crippen molar-refractivity contribution in [1.29, 1.82) is 0 Å². The van der Waals surface area contributed by atoms with Crippen LogP contribution in [0.4, 0.5) is 0 Å². The van der Waals surface area contributed by atoms with Crippen molar-refractivity contribution in [1.82, 2.24) is 15.0 Å². The molecule has 1 aliphatic heterocycles. The lowest BCUT2D eigenvalue weighted by Crippen LogP contribution is -2.27. The van der Waals surface area contributed by atoms with Crippen molar-refractivity contribution >= 4 is 5.91 Å². The summed E-state index contributed by atoms with van der Waals surface area (Å²) in [7, 11) is 0. The highest BCUT2D eigenvalue weighted by Crippen LogP contribution is 2.30. The summed E-state index contributed by atoms with van der Waals surface area (Å²) >= 11 is 0. The van der Waals surface area contributed by atoms with Gasteiger partial charge in [0.1, 0.15) is 0 Å². The highest BCUT2D eigenvalue weighted by atomic mass is 16.5. The summed E-state index contributed by atoms with van der Waals surface area (Å²) in [4.78, 5) is 18.4. The van der Waals surface area contributed by atoms with Gasteiger partial charge in [-0.3, -0.25) is 4.79 Å². The summed E-state index contributed by atoms with van der Waals surface area (Å²) in [5, 5.41) is 3.81. The zero-order valence-electron chi connectivity index (χ0n) is 15.5. The van der Waals surface area contributed by atoms with E-state index in [0.717, 1.165) is 23.5 Å². The van der Waals surface area contributed by atoms with Crippen molar-refractivity contribution in [3.8, 4) is 11.5 Å². The smallest absolute Gasteiger partial charge is 0.232 e. The van der Waals surface area contributed by atoms with Gasteiger partial charge in [-0.25, -0.2) is 0 Å². The molecule has 0 bridgehead atoms. The second-order valence-corrected chi connectivity index (χ2v) is 6.32. The molecule has 0 N–H and O–H groups in total. The lowest BCUT2D eigenvalue weighted by atomic mass is 10.1. The lowest BCUT2D eigenvalue weighted by Gasteiger charge is -2.17. The maximum absolute atomic E-state index is 12.3. The van der Waals surface area contributed by atoms with Crippen LogP contribution in [0.1, 0.15) is 43.5 Å². The molecule has 1 fully saturated rings. The summed E-state index contributed by atoms with van der Waals surface area (Å²) in [6, 6.07) is 5.94. The van der Waals surface area contributed by atoms with Gasteiger partial charge in [0, 0.05) is 19.5 Å². The third-order valence-corrected chi connectivity index (χ3v) is 4.39. The maximum Gasteiger partial charge on any atom is 0.232 e. The summed E-state index contributed by atoms with van der Waals surface area (Å²) in [5.74, 6) is 2.77. The van der Waals surface area contributed by atoms with E-state index in [-0.39, 0.29) is 11.8 Å². The highest BCUT2D eigenvalue weighted by molar-refractivity contribution is 5.79. The van der Waals surface area contributed by atoms with Gasteiger partial charge in [-0.05, 0) is 44.9 Å². The molecule has 3 rings (SSSR count). The molecule has 1 aromatic heterocycles. The summed E-state index contributed by atoms with van der Waals surface area (Å²) < 4.78 is 16.5. The van der Waals surface area contributed by atoms with Crippen molar-refractivity contribution in [2.24, 2.45) is 0 Å². The number of amides is 1. The molecular formula is C19H25N3O4. The van der Waals surface area contributed by atoms with Gasteiger partial charge in [-0.2, -0.15) is 4.98 Å². The highest BCUT2D eigenvalue weighted by Gasteiger charge is 2.33. The van der Waals surface area contributed by atoms with Crippen LogP contribution in [-0.2, 0) is 11.2 Å². The molecule has 0 saturated carbocycles. The largest absolute Gasteiger partial charge is 0.490 e. The number of hydrogen-bond acceptors (Lipinski definition) is 6. The van der Waals surface area contributed by atoms with E-state index < -0.39 is 0 Å². The quantitative estimate of drug-likeness (QED) is 0.721. The van der Waals surface area contributed by atoms with Crippen molar-refractivity contribution in [3.05, 3.63) is 35.5 Å². The molecule has 7 nitrogen and oxygen atoms in total. The molecular weight excluding hydrogens is 334 g/mol. The average Bonchev–Trinajstić information content (AvgIpc) is 3.21. The number of hydrogen-bond donors (Lipinski definition) is 0. The van der Waals surface area contributed by atoms with Gasteiger partial charge in [0.25, 0.3) is 0 Å². The van der Waals surface area contributed by atoms with Crippen LogP contribution in [-0.4, -0.2) is 47.3 Å². The topological polar surface area (TPSA) is 77.7 Å². The van der Waals surface area contributed by atoms with Gasteiger partial charge in [0.15, 0.2) is 17.3 Å². The molecule has 1 saturated heterocycles. The van der Waals surface area contributed by atoms with E-state index in [2.05, 4.69) is 10.1 Å². The number of likely N-dealkylation sites (tertiary alicyclic amines) is 1. The van der Waals surface area contributed by atoms with Crippen LogP contribution in [0.2, 0.25) is 0 Å². The number of carbonyl (C=O) groups excluding carboxylic acids is 1. The van der Waals surface area contributed by atoms with Crippen LogP contribution >= 0.6 is 0 Å². The number of aromatic nitrogens is 2. The van der Waals surface area contributed by atoms with Crippen molar-refractivity contribution in [2.75, 3.05) is 26.3 Å². The van der Waals surface area contributed by atoms with Crippen molar-refractivity contribution in [2.45, 2.75) is 39.5 Å². The number of ether oxygens (including phenoxy) is 2. The third kappa shape index (κ3) is 4.15. The standard InChI is InChI=1S/C19H25N3O4/c1-4-24-16-7-6-14(10-17(16)25-5-2)8-9-22-12-15(11-18(22)23)19-20-13(3)21-26-19/h6-7,10,15H,4-5,8-9,11-12H2,1-3H3. The Balaban J connectivity index is 1.61. The number of aryl methyl sites for hydroxylation is 1. The Morgan fingerprint density at radius 3 is 2.69 bits per heavy atom. The van der Waals surface area contributed by atoms with Crippen LogP contribution in [0.5, 0.6) is 11.5 Å². The molecule has 140 valence electrons. The van der Waals surface area contributed by atoms with Crippen LogP contribution in [0, 0.1) is 6.92 Å². The first kappa shape index (κ1) is 18.2. The fourth-order valence-electron chi connectivity index (χ4n) is 3.15. The number of carbonyl (C=O) groups is 1. The van der Waals surface area contributed by atoms with E-state index in [1.807, 2.05) is 36.9 Å². The second-order valence-electron chi connectivity index (χ2n) is 6.32. The molecule has 1 amide bonds. The van der Waals surface area contributed by atoms with Gasteiger partial charge < -0.3 is 18.9 Å². The van der Waals surface area contributed by atoms with Gasteiger partial charge in [0.05, 0.1) is 19.1 Å². The van der Waals surface area contributed by atoms with Crippen LogP contribution < -0.4 is 9.47 Å². The Bertz CT molecular complexity index is 759. The third-order valence-electron chi connectivity index (χ3n) is 4.39. The van der Waals surface area contributed by atoms with Crippen LogP contribution in [0.15, 0.2) is 22.7 Å². The number of rotatable bonds is 8. The zero-order valence-corrected chi connectivity index (χ0v) is 15.5. The number of benzene rings is 1. The molecule has 26 heavy (non-hydrogen) atoms. The first-order valence-corrected chi connectivity index (χ1v) is 9.07. The molecule has 7 heteroatoms. The molecule has 1 aliphatic rings. The Labute approximate surface area is 153 Å². The number of nitrogens with zero attached hydrogens (tertiary/aromatic N) is 3. The summed E-state index contributed by atoms with van der Waals surface area (Å²) in [6.07, 6.45) is 1.18. The Morgan fingerprint density at radius 1 is 1.23 bits per heavy atom. The Hall–Kier alpha value is -2.57. The molecule has 0 radical (unpaired) electrons. The van der Waals surface area contributed by atoms with E-state index >= 15 is 0 Å². The molecule has 1 aromatic carbocycles. The SMILES string of the molecule is CCOc1ccc(CCN2CC(c3nc(C)no3)CC2=O)cc1OCC. The molecule has 2 heterocycles. The fraction of sp³-hybridized carbons (Fsp3) is 0.526. The van der Waals surface area contributed by atoms with E-state index in [0.29, 0.717) is 44.4 Å². The predicted molar refractivity (Wildman–Crippen MR) is 95.5 cm³/mol. The van der Waals surface area contributed by atoms with Gasteiger partial charge in [-0.15, -0.1) is 0 Å². The molecule has 0 spiro atoms. The normalized spacial score (nSPS) is 17.0. The second kappa shape index (κ2) is 8.21. The monoisotopic (exact) mass is 359 g/mol. The van der Waals surface area contributed by atoms with Gasteiger partial charge >= 0.3 is 0 Å². The van der Waals surface area contributed by atoms with Crippen LogP contribution in [0.3, 0.4) is 0 Å². The molecule has 2 aromatic rings. The van der Waals surface area contributed by atoms with Gasteiger partial charge in [-0.1, -0.05) is 11.2 Å². The maximum atomic E-state index is 12.3. The predicted octanol–water partition coefficient (Wildman–Crippen LogP) is 2.73. The van der Waals surface area contributed by atoms with E-state index in [9.17, 15) is 4.79 Å². The molecule has 1 atom stereocenters. The zero-order chi connectivity index (χ0) is 18.5.